The van der Waals surface area contributed by atoms with Gasteiger partial charge in [0.05, 0.1) is 6.10 Å². The predicted octanol–water partition coefficient (Wildman–Crippen LogP) is 3.43. The lowest BCUT2D eigenvalue weighted by molar-refractivity contribution is 0.0166. The maximum absolute atomic E-state index is 13.1. The van der Waals surface area contributed by atoms with Gasteiger partial charge in [-0.15, -0.1) is 0 Å². The lowest BCUT2D eigenvalue weighted by atomic mass is 9.93. The Balaban J connectivity index is 1.56. The second kappa shape index (κ2) is 6.64. The van der Waals surface area contributed by atoms with Crippen molar-refractivity contribution in [3.8, 4) is 0 Å². The third-order valence-electron chi connectivity index (χ3n) is 5.83. The van der Waals surface area contributed by atoms with Crippen LogP contribution in [0.3, 0.4) is 0 Å². The summed E-state index contributed by atoms with van der Waals surface area (Å²) >= 11 is 0. The smallest absolute Gasteiger partial charge is 0.254 e. The van der Waals surface area contributed by atoms with Crippen LogP contribution in [0.25, 0.3) is 0 Å². The molecule has 1 saturated heterocycles. The third kappa shape index (κ3) is 3.21. The van der Waals surface area contributed by atoms with E-state index in [4.69, 9.17) is 0 Å². The summed E-state index contributed by atoms with van der Waals surface area (Å²) in [6.45, 7) is 3.46. The molecule has 3 heteroatoms. The first-order chi connectivity index (χ1) is 12.1. The number of benzene rings is 2. The molecule has 2 bridgehead atoms. The number of carbonyl (C=O) groups is 1. The summed E-state index contributed by atoms with van der Waals surface area (Å²) in [4.78, 5) is 15.1. The van der Waals surface area contributed by atoms with Gasteiger partial charge >= 0.3 is 0 Å². The fourth-order valence-electron chi connectivity index (χ4n) is 4.34. The van der Waals surface area contributed by atoms with E-state index in [1.54, 1.807) is 0 Å². The Morgan fingerprint density at radius 1 is 1.04 bits per heavy atom. The molecule has 1 heterocycles. The van der Waals surface area contributed by atoms with Gasteiger partial charge in [-0.3, -0.25) is 4.79 Å². The highest BCUT2D eigenvalue weighted by atomic mass is 16.3. The molecule has 2 aliphatic rings. The Hall–Kier alpha value is -2.13. The van der Waals surface area contributed by atoms with Crippen LogP contribution in [-0.4, -0.2) is 35.1 Å². The molecule has 1 amide bonds. The number of hydrogen-bond acceptors (Lipinski definition) is 2. The van der Waals surface area contributed by atoms with Gasteiger partial charge in [0, 0.05) is 30.5 Å². The molecule has 1 N–H and O–H groups in total. The molecule has 2 aromatic rings. The van der Waals surface area contributed by atoms with Crippen LogP contribution in [0.2, 0.25) is 0 Å². The number of carbonyl (C=O) groups excluding carboxylic acids is 1. The zero-order chi connectivity index (χ0) is 17.4. The van der Waals surface area contributed by atoms with Crippen LogP contribution in [0.1, 0.15) is 39.9 Å². The van der Waals surface area contributed by atoms with Crippen molar-refractivity contribution in [2.24, 2.45) is 11.8 Å². The second-order valence-electron chi connectivity index (χ2n) is 7.62. The standard InChI is InChI=1S/C22H25NO2/c1-15-6-8-16(9-7-15)12-17-4-2-3-5-20(17)22(25)23-13-18-10-11-19(14-23)21(18)24/h2-9,18-19,21,24H,10-14H2,1H3/t18-,19+,21?. The number of amides is 1. The first-order valence-electron chi connectivity index (χ1n) is 9.22. The lowest BCUT2D eigenvalue weighted by Gasteiger charge is -2.35. The van der Waals surface area contributed by atoms with Crippen molar-refractivity contribution in [2.75, 3.05) is 13.1 Å². The first-order valence-corrected chi connectivity index (χ1v) is 9.22. The normalized spacial score (nSPS) is 25.2. The molecule has 0 spiro atoms. The third-order valence-corrected chi connectivity index (χ3v) is 5.83. The van der Waals surface area contributed by atoms with Gasteiger partial charge in [-0.2, -0.15) is 0 Å². The van der Waals surface area contributed by atoms with Crippen molar-refractivity contribution >= 4 is 5.91 Å². The number of piperidine rings is 1. The van der Waals surface area contributed by atoms with Gasteiger partial charge in [-0.25, -0.2) is 0 Å². The number of hydrogen-bond donors (Lipinski definition) is 1. The SMILES string of the molecule is Cc1ccc(Cc2ccccc2C(=O)N2C[C@H]3CC[C@@H](C2)C3O)cc1. The Morgan fingerprint density at radius 2 is 1.68 bits per heavy atom. The highest BCUT2D eigenvalue weighted by molar-refractivity contribution is 5.96. The van der Waals surface area contributed by atoms with Crippen LogP contribution in [0.5, 0.6) is 0 Å². The Kier molecular flexibility index (Phi) is 4.34. The molecule has 2 fully saturated rings. The van der Waals surface area contributed by atoms with Crippen molar-refractivity contribution in [2.45, 2.75) is 32.3 Å². The number of aliphatic hydroxyl groups is 1. The molecular weight excluding hydrogens is 310 g/mol. The van der Waals surface area contributed by atoms with Gasteiger partial charge in [-0.1, -0.05) is 48.0 Å². The Bertz CT molecular complexity index is 754. The largest absolute Gasteiger partial charge is 0.392 e. The average molecular weight is 335 g/mol. The summed E-state index contributed by atoms with van der Waals surface area (Å²) < 4.78 is 0. The molecule has 0 radical (unpaired) electrons. The van der Waals surface area contributed by atoms with E-state index in [1.807, 2.05) is 23.1 Å². The molecule has 3 nitrogen and oxygen atoms in total. The summed E-state index contributed by atoms with van der Waals surface area (Å²) in [5.41, 5.74) is 4.35. The minimum atomic E-state index is -0.216. The topological polar surface area (TPSA) is 40.5 Å². The van der Waals surface area contributed by atoms with E-state index in [0.29, 0.717) is 13.1 Å². The van der Waals surface area contributed by atoms with E-state index in [0.717, 1.165) is 30.4 Å². The second-order valence-corrected chi connectivity index (χ2v) is 7.62. The molecular formula is C22H25NO2. The molecule has 4 rings (SSSR count). The summed E-state index contributed by atoms with van der Waals surface area (Å²) in [6, 6.07) is 16.4. The highest BCUT2D eigenvalue weighted by Gasteiger charge is 2.42. The number of aryl methyl sites for hydroxylation is 1. The summed E-state index contributed by atoms with van der Waals surface area (Å²) in [5, 5.41) is 10.2. The number of fused-ring (bicyclic) bond motifs is 2. The van der Waals surface area contributed by atoms with Crippen LogP contribution < -0.4 is 0 Å². The first kappa shape index (κ1) is 16.3. The van der Waals surface area contributed by atoms with Gasteiger partial charge in [0.25, 0.3) is 5.91 Å². The quantitative estimate of drug-likeness (QED) is 0.933. The average Bonchev–Trinajstić information content (AvgIpc) is 2.84. The predicted molar refractivity (Wildman–Crippen MR) is 98.6 cm³/mol. The number of likely N-dealkylation sites (tertiary alicyclic amines) is 1. The van der Waals surface area contributed by atoms with Crippen molar-refractivity contribution in [3.05, 3.63) is 70.8 Å². The zero-order valence-corrected chi connectivity index (χ0v) is 14.7. The maximum atomic E-state index is 13.1. The van der Waals surface area contributed by atoms with Crippen LogP contribution >= 0.6 is 0 Å². The molecule has 1 saturated carbocycles. The highest BCUT2D eigenvalue weighted by Crippen LogP contribution is 2.37. The number of aliphatic hydroxyl groups excluding tert-OH is 1. The molecule has 2 aromatic carbocycles. The van der Waals surface area contributed by atoms with Crippen LogP contribution in [0, 0.1) is 18.8 Å². The molecule has 1 aliphatic carbocycles. The number of nitrogens with zero attached hydrogens (tertiary/aromatic N) is 1. The van der Waals surface area contributed by atoms with Gasteiger partial charge in [0.15, 0.2) is 0 Å². The van der Waals surface area contributed by atoms with Crippen molar-refractivity contribution in [1.29, 1.82) is 0 Å². The van der Waals surface area contributed by atoms with E-state index in [2.05, 4.69) is 37.3 Å². The van der Waals surface area contributed by atoms with Gasteiger partial charge < -0.3 is 10.0 Å². The molecule has 3 atom stereocenters. The molecule has 1 unspecified atom stereocenters. The van der Waals surface area contributed by atoms with Crippen LogP contribution in [0.15, 0.2) is 48.5 Å². The van der Waals surface area contributed by atoms with Gasteiger partial charge in [0.1, 0.15) is 0 Å². The minimum Gasteiger partial charge on any atom is -0.392 e. The zero-order valence-electron chi connectivity index (χ0n) is 14.7. The van der Waals surface area contributed by atoms with E-state index < -0.39 is 0 Å². The Labute approximate surface area is 149 Å². The van der Waals surface area contributed by atoms with E-state index in [1.165, 1.54) is 11.1 Å². The monoisotopic (exact) mass is 335 g/mol. The van der Waals surface area contributed by atoms with E-state index in [9.17, 15) is 9.90 Å². The molecule has 130 valence electrons. The summed E-state index contributed by atoms with van der Waals surface area (Å²) in [5.74, 6) is 0.630. The Morgan fingerprint density at radius 3 is 2.36 bits per heavy atom. The van der Waals surface area contributed by atoms with E-state index in [-0.39, 0.29) is 23.8 Å². The molecule has 0 aromatic heterocycles. The van der Waals surface area contributed by atoms with Crippen molar-refractivity contribution in [3.63, 3.8) is 0 Å². The minimum absolute atomic E-state index is 0.117. The molecule has 1 aliphatic heterocycles. The number of rotatable bonds is 3. The summed E-state index contributed by atoms with van der Waals surface area (Å²) in [6.07, 6.45) is 2.64. The summed E-state index contributed by atoms with van der Waals surface area (Å²) in [7, 11) is 0. The van der Waals surface area contributed by atoms with Gasteiger partial charge in [0.2, 0.25) is 0 Å². The van der Waals surface area contributed by atoms with Crippen molar-refractivity contribution in [1.82, 2.24) is 4.90 Å². The lowest BCUT2D eigenvalue weighted by Crippen LogP contribution is -2.47. The van der Waals surface area contributed by atoms with Crippen molar-refractivity contribution < 1.29 is 9.90 Å². The van der Waals surface area contributed by atoms with Crippen LogP contribution in [0.4, 0.5) is 0 Å². The fraction of sp³-hybridized carbons (Fsp3) is 0.409. The van der Waals surface area contributed by atoms with Gasteiger partial charge in [-0.05, 0) is 43.4 Å². The van der Waals surface area contributed by atoms with E-state index >= 15 is 0 Å². The maximum Gasteiger partial charge on any atom is 0.254 e. The fourth-order valence-corrected chi connectivity index (χ4v) is 4.34. The molecule has 25 heavy (non-hydrogen) atoms. The van der Waals surface area contributed by atoms with Crippen LogP contribution in [-0.2, 0) is 6.42 Å².